The van der Waals surface area contributed by atoms with Crippen LogP contribution >= 0.6 is 15.9 Å². The van der Waals surface area contributed by atoms with Gasteiger partial charge in [0.15, 0.2) is 0 Å². The monoisotopic (exact) mass is 380 g/mol. The quantitative estimate of drug-likeness (QED) is 0.381. The minimum Gasteiger partial charge on any atom is -0.312 e. The molecule has 0 N–H and O–H groups in total. The number of halogens is 1. The third-order valence-corrected chi connectivity index (χ3v) is 3.83. The molecule has 0 unspecified atom stereocenters. The third kappa shape index (κ3) is 3.94. The van der Waals surface area contributed by atoms with Crippen molar-refractivity contribution in [3.8, 4) is 0 Å². The Morgan fingerprint density at radius 3 is 2.12 bits per heavy atom. The first-order chi connectivity index (χ1) is 11.7. The van der Waals surface area contributed by atoms with Crippen LogP contribution < -0.4 is 0 Å². The zero-order valence-corrected chi connectivity index (χ0v) is 14.2. The third-order valence-electron chi connectivity index (χ3n) is 3.30. The lowest BCUT2D eigenvalue weighted by Crippen LogP contribution is -2.08. The van der Waals surface area contributed by atoms with Crippen molar-refractivity contribution in [1.82, 2.24) is 4.98 Å². The van der Waals surface area contributed by atoms with Crippen molar-refractivity contribution in [2.24, 2.45) is 5.16 Å². The molecule has 0 saturated heterocycles. The van der Waals surface area contributed by atoms with E-state index in [1.165, 1.54) is 0 Å². The molecule has 1 heterocycles. The number of carbonyl (C=O) groups excluding carboxylic acids is 1. The average Bonchev–Trinajstić information content (AvgIpc) is 2.64. The van der Waals surface area contributed by atoms with Gasteiger partial charge in [0.1, 0.15) is 5.71 Å². The zero-order valence-electron chi connectivity index (χ0n) is 12.6. The summed E-state index contributed by atoms with van der Waals surface area (Å²) in [4.78, 5) is 21.3. The Kier molecular flexibility index (Phi) is 5.13. The molecular formula is C19H13BrN2O2. The molecule has 118 valence electrons. The molecular weight excluding hydrogens is 368 g/mol. The molecule has 0 aliphatic heterocycles. The summed E-state index contributed by atoms with van der Waals surface area (Å²) in [5, 5.41) is 4.09. The summed E-state index contributed by atoms with van der Waals surface area (Å²) in [6.45, 7) is 0. The van der Waals surface area contributed by atoms with Gasteiger partial charge in [-0.1, -0.05) is 51.4 Å². The fraction of sp³-hybridized carbons (Fsp3) is 0. The van der Waals surface area contributed by atoms with Crippen molar-refractivity contribution in [3.63, 3.8) is 0 Å². The van der Waals surface area contributed by atoms with E-state index in [1.807, 2.05) is 42.5 Å². The maximum atomic E-state index is 12.2. The highest BCUT2D eigenvalue weighted by atomic mass is 79.9. The molecule has 0 aliphatic carbocycles. The van der Waals surface area contributed by atoms with Gasteiger partial charge in [-0.25, -0.2) is 4.79 Å². The van der Waals surface area contributed by atoms with Crippen LogP contribution in [0.4, 0.5) is 0 Å². The Morgan fingerprint density at radius 1 is 0.833 bits per heavy atom. The predicted molar refractivity (Wildman–Crippen MR) is 95.9 cm³/mol. The largest absolute Gasteiger partial charge is 0.365 e. The van der Waals surface area contributed by atoms with Gasteiger partial charge in [0.25, 0.3) is 0 Å². The predicted octanol–water partition coefficient (Wildman–Crippen LogP) is 4.45. The van der Waals surface area contributed by atoms with Crippen LogP contribution in [0.15, 0.2) is 88.8 Å². The SMILES string of the molecule is O=C(O/N=C(\c1ccccc1)c1ccncc1)c1ccc(Br)cc1. The standard InChI is InChI=1S/C19H13BrN2O2/c20-17-8-6-16(7-9-17)19(23)24-22-18(14-4-2-1-3-5-14)15-10-12-21-13-11-15/h1-13H/b22-18+. The van der Waals surface area contributed by atoms with Gasteiger partial charge in [-0.2, -0.15) is 0 Å². The van der Waals surface area contributed by atoms with E-state index in [0.717, 1.165) is 15.6 Å². The number of pyridine rings is 1. The smallest absolute Gasteiger partial charge is 0.312 e. The Bertz CT molecular complexity index is 806. The van der Waals surface area contributed by atoms with Crippen LogP contribution in [0.3, 0.4) is 0 Å². The molecule has 2 aromatic carbocycles. The summed E-state index contributed by atoms with van der Waals surface area (Å²) < 4.78 is 0.893. The number of hydrogen-bond donors (Lipinski definition) is 0. The van der Waals surface area contributed by atoms with E-state index in [9.17, 15) is 4.79 Å². The van der Waals surface area contributed by atoms with E-state index in [4.69, 9.17) is 4.84 Å². The summed E-state index contributed by atoms with van der Waals surface area (Å²) in [6.07, 6.45) is 3.34. The molecule has 0 spiro atoms. The van der Waals surface area contributed by atoms with Gasteiger partial charge in [0, 0.05) is 28.0 Å². The Morgan fingerprint density at radius 2 is 1.46 bits per heavy atom. The van der Waals surface area contributed by atoms with E-state index in [1.54, 1.807) is 36.7 Å². The molecule has 3 aromatic rings. The van der Waals surface area contributed by atoms with Crippen LogP contribution in [0.2, 0.25) is 0 Å². The van der Waals surface area contributed by atoms with Crippen molar-refractivity contribution in [3.05, 3.63) is 100 Å². The van der Waals surface area contributed by atoms with Crippen molar-refractivity contribution >= 4 is 27.6 Å². The van der Waals surface area contributed by atoms with Crippen LogP contribution in [-0.2, 0) is 4.84 Å². The second-order valence-electron chi connectivity index (χ2n) is 4.93. The summed E-state index contributed by atoms with van der Waals surface area (Å²) in [5.74, 6) is -0.509. The molecule has 0 radical (unpaired) electrons. The van der Waals surface area contributed by atoms with E-state index in [-0.39, 0.29) is 0 Å². The number of hydrogen-bond acceptors (Lipinski definition) is 4. The van der Waals surface area contributed by atoms with Gasteiger partial charge >= 0.3 is 5.97 Å². The Balaban J connectivity index is 1.90. The fourth-order valence-electron chi connectivity index (χ4n) is 2.10. The van der Waals surface area contributed by atoms with E-state index in [2.05, 4.69) is 26.1 Å². The zero-order chi connectivity index (χ0) is 16.8. The highest BCUT2D eigenvalue weighted by molar-refractivity contribution is 9.10. The highest BCUT2D eigenvalue weighted by Gasteiger charge is 2.11. The minimum absolute atomic E-state index is 0.434. The van der Waals surface area contributed by atoms with Gasteiger partial charge in [-0.3, -0.25) is 4.98 Å². The number of carbonyl (C=O) groups is 1. The number of oxime groups is 1. The second-order valence-corrected chi connectivity index (χ2v) is 5.84. The topological polar surface area (TPSA) is 51.5 Å². The van der Waals surface area contributed by atoms with E-state index < -0.39 is 5.97 Å². The number of rotatable bonds is 4. The number of nitrogens with zero attached hydrogens (tertiary/aromatic N) is 2. The normalized spacial score (nSPS) is 11.1. The minimum atomic E-state index is -0.509. The molecule has 0 aliphatic rings. The summed E-state index contributed by atoms with van der Waals surface area (Å²) in [5.41, 5.74) is 2.68. The first-order valence-electron chi connectivity index (χ1n) is 7.25. The molecule has 0 amide bonds. The lowest BCUT2D eigenvalue weighted by Gasteiger charge is -2.06. The van der Waals surface area contributed by atoms with Crippen LogP contribution in [0.25, 0.3) is 0 Å². The van der Waals surface area contributed by atoms with Gasteiger partial charge in [-0.05, 0) is 36.4 Å². The van der Waals surface area contributed by atoms with Gasteiger partial charge in [0.2, 0.25) is 0 Å². The van der Waals surface area contributed by atoms with Gasteiger partial charge in [0.05, 0.1) is 5.56 Å². The molecule has 24 heavy (non-hydrogen) atoms. The molecule has 1 aromatic heterocycles. The van der Waals surface area contributed by atoms with Gasteiger partial charge < -0.3 is 4.84 Å². The molecule has 4 nitrogen and oxygen atoms in total. The fourth-order valence-corrected chi connectivity index (χ4v) is 2.37. The lowest BCUT2D eigenvalue weighted by atomic mass is 10.0. The Labute approximate surface area is 147 Å². The summed E-state index contributed by atoms with van der Waals surface area (Å²) in [6, 6.07) is 20.1. The second kappa shape index (κ2) is 7.66. The highest BCUT2D eigenvalue weighted by Crippen LogP contribution is 2.13. The number of aromatic nitrogens is 1. The Hall–Kier alpha value is -2.79. The number of benzene rings is 2. The summed E-state index contributed by atoms with van der Waals surface area (Å²) in [7, 11) is 0. The van der Waals surface area contributed by atoms with Crippen molar-refractivity contribution < 1.29 is 9.63 Å². The molecule has 0 fully saturated rings. The molecule has 3 rings (SSSR count). The first-order valence-corrected chi connectivity index (χ1v) is 8.04. The van der Waals surface area contributed by atoms with Crippen LogP contribution in [0.1, 0.15) is 21.5 Å². The average molecular weight is 381 g/mol. The molecule has 0 bridgehead atoms. The summed E-state index contributed by atoms with van der Waals surface area (Å²) >= 11 is 3.33. The molecule has 0 saturated carbocycles. The van der Waals surface area contributed by atoms with Crippen molar-refractivity contribution in [2.75, 3.05) is 0 Å². The van der Waals surface area contributed by atoms with E-state index in [0.29, 0.717) is 11.3 Å². The maximum Gasteiger partial charge on any atom is 0.365 e. The lowest BCUT2D eigenvalue weighted by molar-refractivity contribution is 0.0517. The van der Waals surface area contributed by atoms with Crippen LogP contribution in [0.5, 0.6) is 0 Å². The van der Waals surface area contributed by atoms with E-state index >= 15 is 0 Å². The molecule has 5 heteroatoms. The van der Waals surface area contributed by atoms with Crippen LogP contribution in [-0.4, -0.2) is 16.7 Å². The molecule has 0 atom stereocenters. The van der Waals surface area contributed by atoms with Gasteiger partial charge in [-0.15, -0.1) is 0 Å². The first kappa shape index (κ1) is 16.1. The maximum absolute atomic E-state index is 12.2. The van der Waals surface area contributed by atoms with Crippen LogP contribution in [0, 0.1) is 0 Å². The van der Waals surface area contributed by atoms with Crippen molar-refractivity contribution in [1.29, 1.82) is 0 Å². The van der Waals surface area contributed by atoms with Crippen molar-refractivity contribution in [2.45, 2.75) is 0 Å².